The molecule has 1 fully saturated rings. The van der Waals surface area contributed by atoms with Crippen molar-refractivity contribution in [1.29, 1.82) is 0 Å². The molecule has 4 rings (SSSR count). The normalized spacial score (nSPS) is 16.9. The monoisotopic (exact) mass is 375 g/mol. The molecule has 0 spiro atoms. The number of piperidine rings is 1. The zero-order chi connectivity index (χ0) is 19.3. The molecule has 2 amide bonds. The van der Waals surface area contributed by atoms with Crippen LogP contribution in [0.2, 0.25) is 0 Å². The molecule has 3 aromatic rings. The Kier molecular flexibility index (Phi) is 5.42. The lowest BCUT2D eigenvalue weighted by Crippen LogP contribution is -2.45. The number of amides is 2. The van der Waals surface area contributed by atoms with Crippen LogP contribution < -0.4 is 5.32 Å². The summed E-state index contributed by atoms with van der Waals surface area (Å²) in [6.45, 7) is 1.75. The Hall–Kier alpha value is -3.08. The molecule has 1 saturated heterocycles. The molecule has 5 heteroatoms. The van der Waals surface area contributed by atoms with E-state index < -0.39 is 0 Å². The second-order valence-electron chi connectivity index (χ2n) is 7.42. The van der Waals surface area contributed by atoms with E-state index in [1.165, 1.54) is 0 Å². The number of likely N-dealkylation sites (tertiary alicyclic amines) is 1. The molecule has 2 aromatic carbocycles. The highest BCUT2D eigenvalue weighted by molar-refractivity contribution is 5.89. The summed E-state index contributed by atoms with van der Waals surface area (Å²) >= 11 is 0. The third-order valence-electron chi connectivity index (χ3n) is 5.47. The van der Waals surface area contributed by atoms with Gasteiger partial charge in [-0.2, -0.15) is 0 Å². The van der Waals surface area contributed by atoms with Crippen molar-refractivity contribution >= 4 is 22.7 Å². The third-order valence-corrected chi connectivity index (χ3v) is 5.47. The van der Waals surface area contributed by atoms with Crippen molar-refractivity contribution in [3.8, 4) is 0 Å². The molecule has 28 heavy (non-hydrogen) atoms. The molecule has 2 heterocycles. The second kappa shape index (κ2) is 8.30. The fraction of sp³-hybridized carbons (Fsp3) is 0.304. The summed E-state index contributed by atoms with van der Waals surface area (Å²) in [6, 6.07) is 17.9. The van der Waals surface area contributed by atoms with E-state index in [4.69, 9.17) is 0 Å². The van der Waals surface area contributed by atoms with E-state index in [1.807, 2.05) is 65.7 Å². The lowest BCUT2D eigenvalue weighted by Gasteiger charge is -2.32. The molecule has 144 valence electrons. The van der Waals surface area contributed by atoms with E-state index in [1.54, 1.807) is 0 Å². The average Bonchev–Trinajstić information content (AvgIpc) is 3.16. The fourth-order valence-corrected chi connectivity index (χ4v) is 3.90. The van der Waals surface area contributed by atoms with Crippen LogP contribution in [0.25, 0.3) is 10.9 Å². The van der Waals surface area contributed by atoms with Crippen molar-refractivity contribution in [2.45, 2.75) is 25.8 Å². The highest BCUT2D eigenvalue weighted by Gasteiger charge is 2.28. The number of hydrogen-bond acceptors (Lipinski definition) is 2. The van der Waals surface area contributed by atoms with Gasteiger partial charge in [0.2, 0.25) is 11.8 Å². The number of carbonyl (C=O) groups is 2. The molecule has 1 aliphatic rings. The van der Waals surface area contributed by atoms with Crippen molar-refractivity contribution in [2.24, 2.45) is 5.92 Å². The number of H-pyrrole nitrogens is 1. The van der Waals surface area contributed by atoms with Crippen LogP contribution in [0.15, 0.2) is 60.8 Å². The predicted octanol–water partition coefficient (Wildman–Crippen LogP) is 3.27. The number of nitrogens with one attached hydrogen (secondary N) is 2. The van der Waals surface area contributed by atoms with Crippen molar-refractivity contribution < 1.29 is 9.59 Å². The molecule has 0 radical (unpaired) electrons. The standard InChI is InChI=1S/C23H25N3O2/c27-22(13-19-15-24-21-11-5-4-10-20(19)21)26-12-6-9-18(16-26)23(28)25-14-17-7-2-1-3-8-17/h1-5,7-8,10-11,15,18,24H,6,9,12-14,16H2,(H,25,28). The molecular weight excluding hydrogens is 350 g/mol. The Bertz CT molecular complexity index is 964. The summed E-state index contributed by atoms with van der Waals surface area (Å²) in [7, 11) is 0. The number of fused-ring (bicyclic) bond motifs is 1. The zero-order valence-electron chi connectivity index (χ0n) is 15.9. The molecular formula is C23H25N3O2. The molecule has 0 bridgehead atoms. The molecule has 0 aliphatic carbocycles. The summed E-state index contributed by atoms with van der Waals surface area (Å²) in [5.74, 6) is -0.0110. The van der Waals surface area contributed by atoms with Crippen molar-refractivity contribution in [1.82, 2.24) is 15.2 Å². The second-order valence-corrected chi connectivity index (χ2v) is 7.42. The van der Waals surface area contributed by atoms with Gasteiger partial charge in [-0.3, -0.25) is 9.59 Å². The lowest BCUT2D eigenvalue weighted by molar-refractivity contribution is -0.135. The predicted molar refractivity (Wildman–Crippen MR) is 110 cm³/mol. The van der Waals surface area contributed by atoms with Gasteiger partial charge in [-0.15, -0.1) is 0 Å². The number of hydrogen-bond donors (Lipinski definition) is 2. The SMILES string of the molecule is O=C(NCc1ccccc1)C1CCCN(C(=O)Cc2c[nH]c3ccccc23)C1. The van der Waals surface area contributed by atoms with E-state index in [2.05, 4.69) is 10.3 Å². The Morgan fingerprint density at radius 2 is 1.86 bits per heavy atom. The number of para-hydroxylation sites is 1. The van der Waals surface area contributed by atoms with Gasteiger partial charge in [0.1, 0.15) is 0 Å². The van der Waals surface area contributed by atoms with Crippen LogP contribution in [0, 0.1) is 5.92 Å². The van der Waals surface area contributed by atoms with Crippen LogP contribution in [0.5, 0.6) is 0 Å². The minimum absolute atomic E-state index is 0.0356. The quantitative estimate of drug-likeness (QED) is 0.719. The zero-order valence-corrected chi connectivity index (χ0v) is 15.9. The van der Waals surface area contributed by atoms with Gasteiger partial charge in [-0.25, -0.2) is 0 Å². The van der Waals surface area contributed by atoms with Gasteiger partial charge in [0.25, 0.3) is 0 Å². The fourth-order valence-electron chi connectivity index (χ4n) is 3.90. The Morgan fingerprint density at radius 1 is 1.07 bits per heavy atom. The number of aromatic nitrogens is 1. The first-order valence-electron chi connectivity index (χ1n) is 9.85. The van der Waals surface area contributed by atoms with Crippen molar-refractivity contribution in [2.75, 3.05) is 13.1 Å². The van der Waals surface area contributed by atoms with Gasteiger partial charge in [0, 0.05) is 36.7 Å². The van der Waals surface area contributed by atoms with Gasteiger partial charge in [0.15, 0.2) is 0 Å². The Morgan fingerprint density at radius 3 is 2.71 bits per heavy atom. The number of carbonyl (C=O) groups excluding carboxylic acids is 2. The van der Waals surface area contributed by atoms with E-state index in [0.717, 1.165) is 41.4 Å². The molecule has 1 aliphatic heterocycles. The van der Waals surface area contributed by atoms with Crippen LogP contribution in [-0.4, -0.2) is 34.8 Å². The van der Waals surface area contributed by atoms with Crippen LogP contribution in [-0.2, 0) is 22.6 Å². The van der Waals surface area contributed by atoms with Crippen molar-refractivity contribution in [3.63, 3.8) is 0 Å². The smallest absolute Gasteiger partial charge is 0.227 e. The van der Waals surface area contributed by atoms with E-state index >= 15 is 0 Å². The summed E-state index contributed by atoms with van der Waals surface area (Å²) in [6.07, 6.45) is 3.97. The van der Waals surface area contributed by atoms with Crippen LogP contribution in [0.4, 0.5) is 0 Å². The van der Waals surface area contributed by atoms with Crippen molar-refractivity contribution in [3.05, 3.63) is 71.9 Å². The maximum Gasteiger partial charge on any atom is 0.227 e. The van der Waals surface area contributed by atoms with Gasteiger partial charge in [0.05, 0.1) is 12.3 Å². The first kappa shape index (κ1) is 18.3. The first-order chi connectivity index (χ1) is 13.7. The molecule has 5 nitrogen and oxygen atoms in total. The highest BCUT2D eigenvalue weighted by atomic mass is 16.2. The van der Waals surface area contributed by atoms with Crippen LogP contribution in [0.3, 0.4) is 0 Å². The Balaban J connectivity index is 1.35. The number of benzene rings is 2. The topological polar surface area (TPSA) is 65.2 Å². The Labute approximate surface area is 164 Å². The van der Waals surface area contributed by atoms with Crippen LogP contribution >= 0.6 is 0 Å². The van der Waals surface area contributed by atoms with E-state index in [9.17, 15) is 9.59 Å². The maximum absolute atomic E-state index is 12.8. The summed E-state index contributed by atoms with van der Waals surface area (Å²) in [5, 5.41) is 4.10. The maximum atomic E-state index is 12.8. The molecule has 1 atom stereocenters. The largest absolute Gasteiger partial charge is 0.361 e. The molecule has 1 unspecified atom stereocenters. The minimum Gasteiger partial charge on any atom is -0.361 e. The molecule has 0 saturated carbocycles. The lowest BCUT2D eigenvalue weighted by atomic mass is 9.96. The van der Waals surface area contributed by atoms with Gasteiger partial charge in [-0.05, 0) is 30.0 Å². The highest BCUT2D eigenvalue weighted by Crippen LogP contribution is 2.21. The van der Waals surface area contributed by atoms with E-state index in [-0.39, 0.29) is 17.7 Å². The summed E-state index contributed by atoms with van der Waals surface area (Å²) in [5.41, 5.74) is 3.14. The van der Waals surface area contributed by atoms with E-state index in [0.29, 0.717) is 19.5 Å². The summed E-state index contributed by atoms with van der Waals surface area (Å²) in [4.78, 5) is 30.5. The van der Waals surface area contributed by atoms with Gasteiger partial charge < -0.3 is 15.2 Å². The number of aromatic amines is 1. The third kappa shape index (κ3) is 4.09. The number of nitrogens with zero attached hydrogens (tertiary/aromatic N) is 1. The molecule has 2 N–H and O–H groups in total. The summed E-state index contributed by atoms with van der Waals surface area (Å²) < 4.78 is 0. The van der Waals surface area contributed by atoms with Crippen LogP contribution in [0.1, 0.15) is 24.0 Å². The first-order valence-corrected chi connectivity index (χ1v) is 9.85. The van der Waals surface area contributed by atoms with Gasteiger partial charge >= 0.3 is 0 Å². The molecule has 1 aromatic heterocycles. The average molecular weight is 375 g/mol. The van der Waals surface area contributed by atoms with Gasteiger partial charge in [-0.1, -0.05) is 48.5 Å². The minimum atomic E-state index is -0.135. The number of rotatable bonds is 5.